The Kier molecular flexibility index (Phi) is 6.80. The molecule has 0 bridgehead atoms. The summed E-state index contributed by atoms with van der Waals surface area (Å²) in [4.78, 5) is 27.1. The van der Waals surface area contributed by atoms with Gasteiger partial charge in [-0.25, -0.2) is 4.39 Å². The quantitative estimate of drug-likeness (QED) is 0.801. The van der Waals surface area contributed by atoms with E-state index in [1.54, 1.807) is 23.1 Å². The minimum Gasteiger partial charge on any atom is -0.354 e. The number of anilines is 1. The standard InChI is InChI=1S/C23H27FN2O2/c1-17-7-5-6-10-21(17)23(28)26(20-13-11-19(24)12-14-20)16-15-25-22(27)18-8-3-2-4-9-18/h5-7,10-14,18H,2-4,8-9,15-16H2,1H3,(H,25,27). The average Bonchev–Trinajstić information content (AvgIpc) is 2.72. The van der Waals surface area contributed by atoms with E-state index in [4.69, 9.17) is 0 Å². The third-order valence-corrected chi connectivity index (χ3v) is 5.37. The minimum atomic E-state index is -0.349. The second-order valence-electron chi connectivity index (χ2n) is 7.37. The summed E-state index contributed by atoms with van der Waals surface area (Å²) in [6.45, 7) is 2.59. The lowest BCUT2D eigenvalue weighted by Gasteiger charge is -2.25. The topological polar surface area (TPSA) is 49.4 Å². The highest BCUT2D eigenvalue weighted by atomic mass is 19.1. The number of benzene rings is 2. The van der Waals surface area contributed by atoms with E-state index >= 15 is 0 Å². The summed E-state index contributed by atoms with van der Waals surface area (Å²) in [5.74, 6) is -0.351. The van der Waals surface area contributed by atoms with Gasteiger partial charge in [-0.2, -0.15) is 0 Å². The fraction of sp³-hybridized carbons (Fsp3) is 0.391. The van der Waals surface area contributed by atoms with Gasteiger partial charge in [-0.1, -0.05) is 37.5 Å². The van der Waals surface area contributed by atoms with Crippen LogP contribution in [0.2, 0.25) is 0 Å². The monoisotopic (exact) mass is 382 g/mol. The summed E-state index contributed by atoms with van der Waals surface area (Å²) in [5, 5.41) is 2.98. The van der Waals surface area contributed by atoms with Crippen molar-refractivity contribution in [3.8, 4) is 0 Å². The first-order valence-corrected chi connectivity index (χ1v) is 9.97. The van der Waals surface area contributed by atoms with Crippen molar-refractivity contribution < 1.29 is 14.0 Å². The molecule has 1 N–H and O–H groups in total. The van der Waals surface area contributed by atoms with Gasteiger partial charge in [0.25, 0.3) is 5.91 Å². The molecule has 0 unspecified atom stereocenters. The zero-order valence-electron chi connectivity index (χ0n) is 16.3. The predicted molar refractivity (Wildman–Crippen MR) is 109 cm³/mol. The van der Waals surface area contributed by atoms with E-state index in [0.29, 0.717) is 24.3 Å². The van der Waals surface area contributed by atoms with Crippen LogP contribution in [0, 0.1) is 18.7 Å². The van der Waals surface area contributed by atoms with Gasteiger partial charge in [0.2, 0.25) is 5.91 Å². The van der Waals surface area contributed by atoms with Gasteiger partial charge in [0, 0.05) is 30.3 Å². The van der Waals surface area contributed by atoms with Gasteiger partial charge >= 0.3 is 0 Å². The van der Waals surface area contributed by atoms with Crippen molar-refractivity contribution in [2.45, 2.75) is 39.0 Å². The Morgan fingerprint density at radius 2 is 1.71 bits per heavy atom. The number of carbonyl (C=O) groups excluding carboxylic acids is 2. The van der Waals surface area contributed by atoms with Gasteiger partial charge in [-0.15, -0.1) is 0 Å². The molecule has 0 atom stereocenters. The summed E-state index contributed by atoms with van der Waals surface area (Å²) >= 11 is 0. The molecule has 0 radical (unpaired) electrons. The Morgan fingerprint density at radius 1 is 1.04 bits per heavy atom. The van der Waals surface area contributed by atoms with Crippen LogP contribution in [0.3, 0.4) is 0 Å². The van der Waals surface area contributed by atoms with Crippen molar-refractivity contribution in [2.24, 2.45) is 5.92 Å². The van der Waals surface area contributed by atoms with E-state index in [-0.39, 0.29) is 23.5 Å². The van der Waals surface area contributed by atoms with Crippen LogP contribution in [-0.2, 0) is 4.79 Å². The Morgan fingerprint density at radius 3 is 2.39 bits per heavy atom. The first-order chi connectivity index (χ1) is 13.6. The van der Waals surface area contributed by atoms with E-state index in [9.17, 15) is 14.0 Å². The van der Waals surface area contributed by atoms with Gasteiger partial charge < -0.3 is 10.2 Å². The molecule has 2 aromatic rings. The Balaban J connectivity index is 1.71. The molecule has 0 heterocycles. The molecule has 1 aliphatic rings. The van der Waals surface area contributed by atoms with E-state index in [1.165, 1.54) is 18.6 Å². The molecule has 1 saturated carbocycles. The molecule has 2 aromatic carbocycles. The molecule has 2 amide bonds. The van der Waals surface area contributed by atoms with Crippen LogP contribution in [0.5, 0.6) is 0 Å². The molecule has 3 rings (SSSR count). The predicted octanol–water partition coefficient (Wildman–Crippen LogP) is 4.48. The smallest absolute Gasteiger partial charge is 0.258 e. The minimum absolute atomic E-state index is 0.0714. The van der Waals surface area contributed by atoms with Crippen LogP contribution in [0.4, 0.5) is 10.1 Å². The number of rotatable bonds is 6. The van der Waals surface area contributed by atoms with Gasteiger partial charge in [-0.3, -0.25) is 9.59 Å². The molecule has 148 valence electrons. The number of nitrogens with zero attached hydrogens (tertiary/aromatic N) is 1. The molecule has 4 nitrogen and oxygen atoms in total. The highest BCUT2D eigenvalue weighted by molar-refractivity contribution is 6.07. The highest BCUT2D eigenvalue weighted by Gasteiger charge is 2.22. The molecule has 0 spiro atoms. The number of halogens is 1. The Labute approximate surface area is 165 Å². The number of hydrogen-bond donors (Lipinski definition) is 1. The highest BCUT2D eigenvalue weighted by Crippen LogP contribution is 2.24. The second-order valence-corrected chi connectivity index (χ2v) is 7.37. The molecule has 5 heteroatoms. The van der Waals surface area contributed by atoms with Crippen molar-refractivity contribution in [3.05, 3.63) is 65.5 Å². The van der Waals surface area contributed by atoms with Crippen LogP contribution in [0.25, 0.3) is 0 Å². The molecule has 1 aliphatic carbocycles. The van der Waals surface area contributed by atoms with E-state index in [0.717, 1.165) is 31.2 Å². The molecular formula is C23H27FN2O2. The summed E-state index contributed by atoms with van der Waals surface area (Å²) in [6, 6.07) is 13.3. The zero-order valence-corrected chi connectivity index (χ0v) is 16.3. The van der Waals surface area contributed by atoms with Crippen LogP contribution in [0.1, 0.15) is 48.0 Å². The zero-order chi connectivity index (χ0) is 19.9. The van der Waals surface area contributed by atoms with Crippen molar-refractivity contribution >= 4 is 17.5 Å². The number of carbonyl (C=O) groups is 2. The Hall–Kier alpha value is -2.69. The van der Waals surface area contributed by atoms with Crippen molar-refractivity contribution in [1.82, 2.24) is 5.32 Å². The lowest BCUT2D eigenvalue weighted by molar-refractivity contribution is -0.125. The molecule has 28 heavy (non-hydrogen) atoms. The van der Waals surface area contributed by atoms with Gasteiger partial charge in [0.15, 0.2) is 0 Å². The van der Waals surface area contributed by atoms with Crippen LogP contribution in [0.15, 0.2) is 48.5 Å². The second kappa shape index (κ2) is 9.49. The summed E-state index contributed by atoms with van der Waals surface area (Å²) in [7, 11) is 0. The molecule has 0 aliphatic heterocycles. The SMILES string of the molecule is Cc1ccccc1C(=O)N(CCNC(=O)C1CCCCC1)c1ccc(F)cc1. The summed E-state index contributed by atoms with van der Waals surface area (Å²) in [5.41, 5.74) is 2.10. The molecular weight excluding hydrogens is 355 g/mol. The first-order valence-electron chi connectivity index (χ1n) is 9.97. The fourth-order valence-electron chi connectivity index (χ4n) is 3.73. The maximum Gasteiger partial charge on any atom is 0.258 e. The normalized spacial score (nSPS) is 14.5. The summed E-state index contributed by atoms with van der Waals surface area (Å²) < 4.78 is 13.3. The lowest BCUT2D eigenvalue weighted by Crippen LogP contribution is -2.41. The third kappa shape index (κ3) is 4.97. The third-order valence-electron chi connectivity index (χ3n) is 5.37. The number of nitrogens with one attached hydrogen (secondary N) is 1. The lowest BCUT2D eigenvalue weighted by atomic mass is 9.89. The average molecular weight is 382 g/mol. The van der Waals surface area contributed by atoms with Gasteiger partial charge in [0.05, 0.1) is 0 Å². The number of aryl methyl sites for hydroxylation is 1. The molecule has 0 saturated heterocycles. The maximum atomic E-state index is 13.3. The molecule has 1 fully saturated rings. The number of hydrogen-bond acceptors (Lipinski definition) is 2. The number of amides is 2. The Bertz CT molecular complexity index is 814. The largest absolute Gasteiger partial charge is 0.354 e. The van der Waals surface area contributed by atoms with Crippen LogP contribution < -0.4 is 10.2 Å². The maximum absolute atomic E-state index is 13.3. The van der Waals surface area contributed by atoms with Crippen LogP contribution in [-0.4, -0.2) is 24.9 Å². The van der Waals surface area contributed by atoms with E-state index in [1.807, 2.05) is 25.1 Å². The fourth-order valence-corrected chi connectivity index (χ4v) is 3.73. The molecule has 0 aromatic heterocycles. The summed E-state index contributed by atoms with van der Waals surface area (Å²) in [6.07, 6.45) is 5.29. The van der Waals surface area contributed by atoms with Crippen molar-refractivity contribution in [2.75, 3.05) is 18.0 Å². The first kappa shape index (κ1) is 20.1. The van der Waals surface area contributed by atoms with Crippen LogP contribution >= 0.6 is 0 Å². The van der Waals surface area contributed by atoms with Crippen molar-refractivity contribution in [3.63, 3.8) is 0 Å². The van der Waals surface area contributed by atoms with E-state index < -0.39 is 0 Å². The van der Waals surface area contributed by atoms with Gasteiger partial charge in [-0.05, 0) is 55.7 Å². The van der Waals surface area contributed by atoms with Gasteiger partial charge in [0.1, 0.15) is 5.82 Å². The van der Waals surface area contributed by atoms with Crippen molar-refractivity contribution in [1.29, 1.82) is 0 Å². The van der Waals surface area contributed by atoms with E-state index in [2.05, 4.69) is 5.32 Å².